The van der Waals surface area contributed by atoms with E-state index >= 15 is 0 Å². The molecule has 1 fully saturated rings. The van der Waals surface area contributed by atoms with Crippen molar-refractivity contribution in [3.05, 3.63) is 48.3 Å². The van der Waals surface area contributed by atoms with Crippen molar-refractivity contribution >= 4 is 11.7 Å². The van der Waals surface area contributed by atoms with E-state index in [4.69, 9.17) is 8.83 Å². The number of hydrogen-bond donors (Lipinski definition) is 0. The normalized spacial score (nSPS) is 25.5. The highest BCUT2D eigenvalue weighted by Gasteiger charge is 2.46. The number of Topliss-reactive ketones (excluding diaryl/α,β-unsaturated/α-hetero) is 1. The van der Waals surface area contributed by atoms with Crippen molar-refractivity contribution in [3.8, 4) is 0 Å². The van der Waals surface area contributed by atoms with Gasteiger partial charge in [-0.05, 0) is 30.7 Å². The zero-order valence-corrected chi connectivity index (χ0v) is 12.7. The third kappa shape index (κ3) is 2.36. The highest BCUT2D eigenvalue weighted by atomic mass is 16.3. The van der Waals surface area contributed by atoms with E-state index in [2.05, 4.69) is 0 Å². The zero-order valence-electron chi connectivity index (χ0n) is 12.7. The largest absolute Gasteiger partial charge is 0.467 e. The Morgan fingerprint density at radius 2 is 1.86 bits per heavy atom. The number of likely N-dealkylation sites (tertiary alicyclic amines) is 1. The minimum Gasteiger partial charge on any atom is -0.467 e. The van der Waals surface area contributed by atoms with Crippen molar-refractivity contribution in [2.45, 2.75) is 38.8 Å². The summed E-state index contributed by atoms with van der Waals surface area (Å²) in [6.07, 6.45) is 4.08. The van der Waals surface area contributed by atoms with Crippen molar-refractivity contribution in [2.24, 2.45) is 5.92 Å². The molecule has 116 valence electrons. The van der Waals surface area contributed by atoms with Crippen LogP contribution in [0, 0.1) is 5.92 Å². The second kappa shape index (κ2) is 5.83. The van der Waals surface area contributed by atoms with Crippen molar-refractivity contribution in [1.29, 1.82) is 0 Å². The van der Waals surface area contributed by atoms with Crippen molar-refractivity contribution in [1.82, 2.24) is 4.90 Å². The maximum Gasteiger partial charge on any atom is 0.220 e. The van der Waals surface area contributed by atoms with E-state index in [1.54, 1.807) is 35.6 Å². The first kappa shape index (κ1) is 14.6. The molecule has 0 aliphatic carbocycles. The summed E-state index contributed by atoms with van der Waals surface area (Å²) in [5.41, 5.74) is 0. The molecule has 1 aliphatic rings. The fourth-order valence-corrected chi connectivity index (χ4v) is 3.38. The van der Waals surface area contributed by atoms with Crippen LogP contribution in [0.4, 0.5) is 0 Å². The molecule has 1 amide bonds. The van der Waals surface area contributed by atoms with E-state index in [0.717, 1.165) is 0 Å². The molecule has 0 aromatic carbocycles. The lowest BCUT2D eigenvalue weighted by Gasteiger charge is -2.43. The van der Waals surface area contributed by atoms with Crippen LogP contribution in [0.5, 0.6) is 0 Å². The lowest BCUT2D eigenvalue weighted by molar-refractivity contribution is -0.147. The average molecular weight is 301 g/mol. The molecule has 22 heavy (non-hydrogen) atoms. The Kier molecular flexibility index (Phi) is 3.88. The summed E-state index contributed by atoms with van der Waals surface area (Å²) < 4.78 is 11.0. The first-order chi connectivity index (χ1) is 10.6. The number of piperidine rings is 1. The van der Waals surface area contributed by atoms with Crippen LogP contribution < -0.4 is 0 Å². The van der Waals surface area contributed by atoms with Crippen LogP contribution in [0.15, 0.2) is 45.6 Å². The summed E-state index contributed by atoms with van der Waals surface area (Å²) in [5.74, 6) is 1.08. The molecule has 0 bridgehead atoms. The van der Waals surface area contributed by atoms with Gasteiger partial charge in [-0.25, -0.2) is 0 Å². The van der Waals surface area contributed by atoms with Gasteiger partial charge in [-0.1, -0.05) is 6.92 Å². The summed E-state index contributed by atoms with van der Waals surface area (Å²) in [5, 5.41) is 0. The Labute approximate surface area is 128 Å². The second-order valence-electron chi connectivity index (χ2n) is 5.60. The highest BCUT2D eigenvalue weighted by Crippen LogP contribution is 2.44. The first-order valence-electron chi connectivity index (χ1n) is 7.52. The van der Waals surface area contributed by atoms with E-state index in [1.165, 1.54) is 6.92 Å². The molecule has 2 aromatic heterocycles. The fourth-order valence-electron chi connectivity index (χ4n) is 3.38. The third-order valence-electron chi connectivity index (χ3n) is 4.33. The number of rotatable bonds is 3. The van der Waals surface area contributed by atoms with Crippen LogP contribution in [-0.2, 0) is 9.59 Å². The third-order valence-corrected chi connectivity index (χ3v) is 4.33. The Bertz CT molecular complexity index is 644. The van der Waals surface area contributed by atoms with Crippen LogP contribution in [0.3, 0.4) is 0 Å². The molecule has 0 unspecified atom stereocenters. The van der Waals surface area contributed by atoms with Gasteiger partial charge in [0.05, 0.1) is 18.6 Å². The first-order valence-corrected chi connectivity index (χ1v) is 7.52. The summed E-state index contributed by atoms with van der Waals surface area (Å²) in [6.45, 7) is 3.48. The Morgan fingerprint density at radius 1 is 1.23 bits per heavy atom. The second-order valence-corrected chi connectivity index (χ2v) is 5.60. The fraction of sp³-hybridized carbons (Fsp3) is 0.412. The van der Waals surface area contributed by atoms with Gasteiger partial charge >= 0.3 is 0 Å². The van der Waals surface area contributed by atoms with Gasteiger partial charge in [-0.3, -0.25) is 9.59 Å². The molecule has 3 rings (SSSR count). The molecule has 0 N–H and O–H groups in total. The number of furan rings is 2. The van der Waals surface area contributed by atoms with Gasteiger partial charge in [0.1, 0.15) is 23.3 Å². The van der Waals surface area contributed by atoms with Gasteiger partial charge in [0.15, 0.2) is 0 Å². The minimum absolute atomic E-state index is 0.0891. The van der Waals surface area contributed by atoms with Crippen molar-refractivity contribution in [3.63, 3.8) is 0 Å². The Morgan fingerprint density at radius 3 is 2.36 bits per heavy atom. The van der Waals surface area contributed by atoms with E-state index in [9.17, 15) is 9.59 Å². The summed E-state index contributed by atoms with van der Waals surface area (Å²) in [7, 11) is 0. The lowest BCUT2D eigenvalue weighted by Crippen LogP contribution is -2.47. The van der Waals surface area contributed by atoms with Crippen LogP contribution in [0.25, 0.3) is 0 Å². The molecule has 3 atom stereocenters. The highest BCUT2D eigenvalue weighted by molar-refractivity contribution is 5.86. The van der Waals surface area contributed by atoms with Gasteiger partial charge in [-0.2, -0.15) is 0 Å². The molecular weight excluding hydrogens is 282 g/mol. The van der Waals surface area contributed by atoms with E-state index in [0.29, 0.717) is 17.9 Å². The maximum absolute atomic E-state index is 12.6. The SMILES string of the molecule is CC[C@@H]1C(=O)C[C@@H](c2ccco2)N(C(C)=O)[C@H]1c1ccco1. The standard InChI is InChI=1S/C17H19NO4/c1-3-12-14(20)10-13(15-6-4-8-21-15)18(11(2)19)17(12)16-7-5-9-22-16/h4-9,12-13,17H,3,10H2,1-2H3/t12-,13+,17-/m1/s1. The van der Waals surface area contributed by atoms with Crippen molar-refractivity contribution in [2.75, 3.05) is 0 Å². The Balaban J connectivity index is 2.08. The van der Waals surface area contributed by atoms with Gasteiger partial charge in [0, 0.05) is 19.3 Å². The Hall–Kier alpha value is -2.30. The van der Waals surface area contributed by atoms with Crippen LogP contribution in [-0.4, -0.2) is 16.6 Å². The van der Waals surface area contributed by atoms with Crippen LogP contribution >= 0.6 is 0 Å². The molecule has 5 heteroatoms. The number of amides is 1. The monoisotopic (exact) mass is 301 g/mol. The van der Waals surface area contributed by atoms with Crippen LogP contribution in [0.2, 0.25) is 0 Å². The predicted molar refractivity (Wildman–Crippen MR) is 78.8 cm³/mol. The number of carbonyl (C=O) groups is 2. The molecule has 5 nitrogen and oxygen atoms in total. The van der Waals surface area contributed by atoms with Gasteiger partial charge in [0.25, 0.3) is 0 Å². The lowest BCUT2D eigenvalue weighted by atomic mass is 9.80. The smallest absolute Gasteiger partial charge is 0.220 e. The molecule has 2 aromatic rings. The van der Waals surface area contributed by atoms with Gasteiger partial charge in [-0.15, -0.1) is 0 Å². The number of hydrogen-bond acceptors (Lipinski definition) is 4. The molecular formula is C17H19NO4. The number of nitrogens with zero attached hydrogens (tertiary/aromatic N) is 1. The summed E-state index contributed by atoms with van der Waals surface area (Å²) in [6, 6.07) is 6.42. The molecule has 3 heterocycles. The summed E-state index contributed by atoms with van der Waals surface area (Å²) in [4.78, 5) is 26.6. The molecule has 0 saturated carbocycles. The quantitative estimate of drug-likeness (QED) is 0.870. The van der Waals surface area contributed by atoms with Gasteiger partial charge in [0.2, 0.25) is 5.91 Å². The molecule has 1 saturated heterocycles. The molecule has 0 spiro atoms. The van der Waals surface area contributed by atoms with Crippen molar-refractivity contribution < 1.29 is 18.4 Å². The average Bonchev–Trinajstić information content (AvgIpc) is 3.19. The van der Waals surface area contributed by atoms with E-state index < -0.39 is 0 Å². The van der Waals surface area contributed by atoms with E-state index in [1.807, 2.05) is 13.0 Å². The zero-order chi connectivity index (χ0) is 15.7. The van der Waals surface area contributed by atoms with E-state index in [-0.39, 0.29) is 36.1 Å². The molecule has 1 aliphatic heterocycles. The molecule has 0 radical (unpaired) electrons. The number of ketones is 1. The van der Waals surface area contributed by atoms with Crippen LogP contribution in [0.1, 0.15) is 50.3 Å². The minimum atomic E-state index is -0.381. The number of carbonyl (C=O) groups excluding carboxylic acids is 2. The van der Waals surface area contributed by atoms with Gasteiger partial charge < -0.3 is 13.7 Å². The summed E-state index contributed by atoms with van der Waals surface area (Å²) >= 11 is 0. The maximum atomic E-state index is 12.6. The predicted octanol–water partition coefficient (Wildman–Crippen LogP) is 3.50. The topological polar surface area (TPSA) is 63.7 Å².